The van der Waals surface area contributed by atoms with E-state index in [1.165, 1.54) is 0 Å². The molecule has 1 amide bonds. The minimum atomic E-state index is 0.198. The molecule has 0 bridgehead atoms. The third-order valence-electron chi connectivity index (χ3n) is 3.16. The summed E-state index contributed by atoms with van der Waals surface area (Å²) >= 11 is 0. The maximum Gasteiger partial charge on any atom is 0.223 e. The maximum absolute atomic E-state index is 11.5. The molecule has 2 rings (SSSR count). The van der Waals surface area contributed by atoms with E-state index in [0.717, 1.165) is 38.5 Å². The first kappa shape index (κ1) is 9.93. The lowest BCUT2D eigenvalue weighted by Gasteiger charge is -2.27. The van der Waals surface area contributed by atoms with Gasteiger partial charge in [0.25, 0.3) is 0 Å². The summed E-state index contributed by atoms with van der Waals surface area (Å²) in [6.45, 7) is 0. The van der Waals surface area contributed by atoms with Crippen LogP contribution >= 0.6 is 0 Å². The van der Waals surface area contributed by atoms with Crippen LogP contribution in [0.2, 0.25) is 0 Å². The van der Waals surface area contributed by atoms with Gasteiger partial charge in [-0.05, 0) is 38.5 Å². The summed E-state index contributed by atoms with van der Waals surface area (Å²) in [7, 11) is 0. The minimum absolute atomic E-state index is 0.198. The highest BCUT2D eigenvalue weighted by molar-refractivity contribution is 5.81. The summed E-state index contributed by atoms with van der Waals surface area (Å²) in [5, 5.41) is 3.09. The lowest BCUT2D eigenvalue weighted by Crippen LogP contribution is -2.40. The Balaban J connectivity index is 1.69. The van der Waals surface area contributed by atoms with Crippen LogP contribution in [0, 0.1) is 5.92 Å². The molecule has 2 aliphatic rings. The van der Waals surface area contributed by atoms with Crippen LogP contribution in [0.5, 0.6) is 0 Å². The highest BCUT2D eigenvalue weighted by Gasteiger charge is 2.31. The van der Waals surface area contributed by atoms with Crippen molar-refractivity contribution in [1.29, 1.82) is 0 Å². The van der Waals surface area contributed by atoms with Gasteiger partial charge in [-0.1, -0.05) is 0 Å². The molecule has 0 spiro atoms. The normalized spacial score (nSPS) is 32.6. The van der Waals surface area contributed by atoms with Crippen LogP contribution in [0.1, 0.15) is 38.5 Å². The Hall–Kier alpha value is -0.610. The van der Waals surface area contributed by atoms with Crippen molar-refractivity contribution in [3.05, 3.63) is 0 Å². The summed E-state index contributed by atoms with van der Waals surface area (Å²) in [4.78, 5) is 16.2. The maximum atomic E-state index is 11.5. The fraction of sp³-hybridized carbons (Fsp3) is 0.900. The Morgan fingerprint density at radius 3 is 2.29 bits per heavy atom. The molecule has 2 fully saturated rings. The summed E-state index contributed by atoms with van der Waals surface area (Å²) in [5.41, 5.74) is 0. The van der Waals surface area contributed by atoms with Crippen molar-refractivity contribution in [2.75, 3.05) is 0 Å². The van der Waals surface area contributed by atoms with E-state index in [2.05, 4.69) is 5.32 Å². The smallest absolute Gasteiger partial charge is 0.223 e. The van der Waals surface area contributed by atoms with Gasteiger partial charge in [-0.25, -0.2) is 5.90 Å². The van der Waals surface area contributed by atoms with Crippen LogP contribution in [0.4, 0.5) is 0 Å². The third kappa shape index (κ3) is 2.45. The number of nitrogens with one attached hydrogen (secondary N) is 1. The largest absolute Gasteiger partial charge is 0.353 e. The Morgan fingerprint density at radius 2 is 1.79 bits per heavy atom. The summed E-state index contributed by atoms with van der Waals surface area (Å²) in [6.07, 6.45) is 6.28. The predicted octanol–water partition coefficient (Wildman–Crippen LogP) is 0.714. The van der Waals surface area contributed by atoms with E-state index in [0.29, 0.717) is 12.0 Å². The van der Waals surface area contributed by atoms with Gasteiger partial charge in [0.1, 0.15) is 0 Å². The van der Waals surface area contributed by atoms with Crippen molar-refractivity contribution < 1.29 is 9.63 Å². The number of carbonyl (C=O) groups is 1. The molecule has 0 aliphatic heterocycles. The first-order valence-corrected chi connectivity index (χ1v) is 5.45. The molecule has 0 aromatic heterocycles. The molecule has 0 heterocycles. The average Bonchev–Trinajstić information content (AvgIpc) is 3.02. The standard InChI is InChI=1S/C10H18N2O2/c11-14-9-5-3-8(4-6-9)12-10(13)7-1-2-7/h7-9H,1-6,11H2,(H,12,13). The zero-order chi connectivity index (χ0) is 9.97. The molecule has 3 N–H and O–H groups in total. The van der Waals surface area contributed by atoms with E-state index in [1.54, 1.807) is 0 Å². The van der Waals surface area contributed by atoms with Crippen LogP contribution in [-0.4, -0.2) is 18.1 Å². The lowest BCUT2D eigenvalue weighted by molar-refractivity contribution is -0.123. The molecule has 0 saturated heterocycles. The van der Waals surface area contributed by atoms with Gasteiger partial charge in [0, 0.05) is 12.0 Å². The number of hydrogen-bond acceptors (Lipinski definition) is 3. The van der Waals surface area contributed by atoms with Gasteiger partial charge in [-0.15, -0.1) is 0 Å². The Kier molecular flexibility index (Phi) is 3.03. The molecule has 0 unspecified atom stereocenters. The number of nitrogens with two attached hydrogens (primary N) is 1. The van der Waals surface area contributed by atoms with Crippen molar-refractivity contribution in [2.45, 2.75) is 50.7 Å². The quantitative estimate of drug-likeness (QED) is 0.656. The monoisotopic (exact) mass is 198 g/mol. The first-order valence-electron chi connectivity index (χ1n) is 5.45. The van der Waals surface area contributed by atoms with Gasteiger partial charge in [0.15, 0.2) is 0 Å². The molecule has 4 nitrogen and oxygen atoms in total. The molecule has 80 valence electrons. The highest BCUT2D eigenvalue weighted by atomic mass is 16.6. The van der Waals surface area contributed by atoms with Gasteiger partial charge >= 0.3 is 0 Å². The highest BCUT2D eigenvalue weighted by Crippen LogP contribution is 2.29. The average molecular weight is 198 g/mol. The minimum Gasteiger partial charge on any atom is -0.353 e. The van der Waals surface area contributed by atoms with Gasteiger partial charge in [-0.2, -0.15) is 0 Å². The topological polar surface area (TPSA) is 64.3 Å². The van der Waals surface area contributed by atoms with E-state index >= 15 is 0 Å². The van der Waals surface area contributed by atoms with Gasteiger partial charge < -0.3 is 10.2 Å². The van der Waals surface area contributed by atoms with Gasteiger partial charge in [0.05, 0.1) is 6.10 Å². The molecule has 2 saturated carbocycles. The number of carbonyl (C=O) groups excluding carboxylic acids is 1. The van der Waals surface area contributed by atoms with E-state index in [-0.39, 0.29) is 12.0 Å². The van der Waals surface area contributed by atoms with Crippen LogP contribution in [0.25, 0.3) is 0 Å². The fourth-order valence-corrected chi connectivity index (χ4v) is 2.01. The van der Waals surface area contributed by atoms with Crippen LogP contribution in [-0.2, 0) is 9.63 Å². The SMILES string of the molecule is NOC1CCC(NC(=O)C2CC2)CC1. The number of rotatable bonds is 3. The second kappa shape index (κ2) is 4.28. The molecule has 2 aliphatic carbocycles. The van der Waals surface area contributed by atoms with Crippen molar-refractivity contribution >= 4 is 5.91 Å². The van der Waals surface area contributed by atoms with Crippen LogP contribution in [0.3, 0.4) is 0 Å². The second-order valence-electron chi connectivity index (χ2n) is 4.39. The van der Waals surface area contributed by atoms with Crippen molar-refractivity contribution in [2.24, 2.45) is 11.8 Å². The Morgan fingerprint density at radius 1 is 1.14 bits per heavy atom. The summed E-state index contributed by atoms with van der Waals surface area (Å²) in [6, 6.07) is 0.356. The molecule has 0 aromatic rings. The molecule has 0 aromatic carbocycles. The third-order valence-corrected chi connectivity index (χ3v) is 3.16. The van der Waals surface area contributed by atoms with Crippen LogP contribution in [0.15, 0.2) is 0 Å². The Labute approximate surface area is 84.1 Å². The second-order valence-corrected chi connectivity index (χ2v) is 4.39. The molecular formula is C10H18N2O2. The zero-order valence-corrected chi connectivity index (χ0v) is 8.37. The first-order chi connectivity index (χ1) is 6.79. The van der Waals surface area contributed by atoms with E-state index in [9.17, 15) is 4.79 Å². The number of hydrogen-bond donors (Lipinski definition) is 2. The predicted molar refractivity (Wildman–Crippen MR) is 52.2 cm³/mol. The summed E-state index contributed by atoms with van der Waals surface area (Å²) in [5.74, 6) is 5.69. The fourth-order valence-electron chi connectivity index (χ4n) is 2.01. The Bertz CT molecular complexity index is 208. The van der Waals surface area contributed by atoms with Crippen molar-refractivity contribution in [3.63, 3.8) is 0 Å². The molecular weight excluding hydrogens is 180 g/mol. The lowest BCUT2D eigenvalue weighted by atomic mass is 9.93. The van der Waals surface area contributed by atoms with E-state index in [1.807, 2.05) is 0 Å². The van der Waals surface area contributed by atoms with Gasteiger partial charge in [0.2, 0.25) is 5.91 Å². The van der Waals surface area contributed by atoms with Crippen molar-refractivity contribution in [3.8, 4) is 0 Å². The van der Waals surface area contributed by atoms with Crippen LogP contribution < -0.4 is 11.2 Å². The van der Waals surface area contributed by atoms with E-state index < -0.39 is 0 Å². The zero-order valence-electron chi connectivity index (χ0n) is 8.37. The number of amides is 1. The molecule has 0 radical (unpaired) electrons. The molecule has 0 atom stereocenters. The van der Waals surface area contributed by atoms with E-state index in [4.69, 9.17) is 10.7 Å². The van der Waals surface area contributed by atoms with Gasteiger partial charge in [-0.3, -0.25) is 4.79 Å². The molecule has 14 heavy (non-hydrogen) atoms. The summed E-state index contributed by atoms with van der Waals surface area (Å²) < 4.78 is 0. The van der Waals surface area contributed by atoms with Crippen molar-refractivity contribution in [1.82, 2.24) is 5.32 Å². The molecule has 4 heteroatoms.